The van der Waals surface area contributed by atoms with Crippen molar-refractivity contribution in [3.05, 3.63) is 0 Å². The monoisotopic (exact) mass is 278 g/mol. The molecule has 5 N–H and O–H groups in total. The van der Waals surface area contributed by atoms with E-state index in [2.05, 4.69) is 9.47 Å². The van der Waals surface area contributed by atoms with Gasteiger partial charge in [0.15, 0.2) is 6.10 Å². The Balaban J connectivity index is 0.00000256. The van der Waals surface area contributed by atoms with Crippen LogP contribution in [0.3, 0.4) is 0 Å². The number of aliphatic hydroxyl groups excluding tert-OH is 4. The van der Waals surface area contributed by atoms with E-state index < -0.39 is 43.0 Å². The van der Waals surface area contributed by atoms with E-state index in [0.29, 0.717) is 0 Å². The molecule has 0 bridgehead atoms. The Morgan fingerprint density at radius 1 is 1.35 bits per heavy atom. The molecule has 0 saturated carbocycles. The predicted molar refractivity (Wildman–Crippen MR) is 53.8 cm³/mol. The second kappa shape index (κ2) is 6.87. The molecule has 0 aliphatic carbocycles. The normalized spacial score (nSPS) is 41.5. The Morgan fingerprint density at radius 3 is 2.29 bits per heavy atom. The van der Waals surface area contributed by atoms with Crippen molar-refractivity contribution in [3.8, 4) is 0 Å². The molecule has 1 rings (SSSR count). The second-order valence-corrected chi connectivity index (χ2v) is 3.49. The quantitative estimate of drug-likeness (QED) is 0.196. The van der Waals surface area contributed by atoms with Crippen LogP contribution in [-0.2, 0) is 14.3 Å². The molecule has 1 heterocycles. The van der Waals surface area contributed by atoms with E-state index in [0.717, 1.165) is 6.92 Å². The Hall–Kier alpha value is 0.866. The van der Waals surface area contributed by atoms with Crippen LogP contribution in [0.4, 0.5) is 0 Å². The molecule has 1 saturated heterocycles. The molecule has 0 unspecified atom stereocenters. The Kier molecular flexibility index (Phi) is 7.22. The maximum absolute atomic E-state index is 10.7. The third-order valence-corrected chi connectivity index (χ3v) is 2.22. The fourth-order valence-electron chi connectivity index (χ4n) is 1.41. The van der Waals surface area contributed by atoms with Crippen LogP contribution in [0.25, 0.3) is 0 Å². The molecule has 1 fully saturated rings. The van der Waals surface area contributed by atoms with Crippen molar-refractivity contribution in [1.82, 2.24) is 0 Å². The van der Waals surface area contributed by atoms with E-state index >= 15 is 0 Å². The van der Waals surface area contributed by atoms with Gasteiger partial charge >= 0.3 is 63.3 Å². The first-order chi connectivity index (χ1) is 7.31. The van der Waals surface area contributed by atoms with Gasteiger partial charge in [0, 0.05) is 6.92 Å². The molecule has 0 spiro atoms. The minimum absolute atomic E-state index is 0. The van der Waals surface area contributed by atoms with Gasteiger partial charge in [0.05, 0.1) is 6.61 Å². The third kappa shape index (κ3) is 3.91. The SMILES string of the molecule is CC(=O)O[C@@]1(O)O[C@H](CO)[C@@H](O)[C@H](O)[C@H]1O.[KH]. The van der Waals surface area contributed by atoms with Crippen molar-refractivity contribution >= 4 is 57.4 Å². The summed E-state index contributed by atoms with van der Waals surface area (Å²) in [6.07, 6.45) is -6.82. The molecular formula is C8H15KO8. The van der Waals surface area contributed by atoms with Crippen molar-refractivity contribution in [1.29, 1.82) is 0 Å². The van der Waals surface area contributed by atoms with Crippen molar-refractivity contribution in [2.75, 3.05) is 6.61 Å². The number of hydrogen-bond acceptors (Lipinski definition) is 8. The van der Waals surface area contributed by atoms with Gasteiger partial charge in [-0.3, -0.25) is 4.79 Å². The number of carbonyl (C=O) groups excluding carboxylic acids is 1. The van der Waals surface area contributed by atoms with Crippen LogP contribution in [0, 0.1) is 0 Å². The number of ether oxygens (including phenoxy) is 2. The van der Waals surface area contributed by atoms with Gasteiger partial charge in [0.2, 0.25) is 0 Å². The molecule has 1 aliphatic heterocycles. The number of carbonyl (C=O) groups is 1. The maximum atomic E-state index is 10.7. The summed E-state index contributed by atoms with van der Waals surface area (Å²) in [4.78, 5) is 10.7. The summed E-state index contributed by atoms with van der Waals surface area (Å²) >= 11 is 0. The van der Waals surface area contributed by atoms with Crippen LogP contribution in [0.1, 0.15) is 6.92 Å². The number of esters is 1. The summed E-state index contributed by atoms with van der Waals surface area (Å²) in [6.45, 7) is 0.230. The van der Waals surface area contributed by atoms with E-state index in [-0.39, 0.29) is 51.4 Å². The molecule has 96 valence electrons. The fourth-order valence-corrected chi connectivity index (χ4v) is 1.41. The summed E-state index contributed by atoms with van der Waals surface area (Å²) in [6, 6.07) is 0. The molecular weight excluding hydrogens is 263 g/mol. The Bertz CT molecular complexity index is 272. The van der Waals surface area contributed by atoms with E-state index in [4.69, 9.17) is 5.11 Å². The van der Waals surface area contributed by atoms with Gasteiger partial charge in [-0.2, -0.15) is 0 Å². The van der Waals surface area contributed by atoms with Crippen LogP contribution < -0.4 is 0 Å². The molecule has 5 atom stereocenters. The molecule has 0 aromatic carbocycles. The number of hydrogen-bond donors (Lipinski definition) is 5. The second-order valence-electron chi connectivity index (χ2n) is 3.49. The number of aliphatic hydroxyl groups is 5. The molecule has 0 aromatic rings. The molecule has 0 amide bonds. The van der Waals surface area contributed by atoms with Crippen molar-refractivity contribution < 1.29 is 39.8 Å². The van der Waals surface area contributed by atoms with E-state index in [1.807, 2.05) is 0 Å². The molecule has 0 aromatic heterocycles. The zero-order valence-corrected chi connectivity index (χ0v) is 8.48. The van der Waals surface area contributed by atoms with Crippen molar-refractivity contribution in [3.63, 3.8) is 0 Å². The summed E-state index contributed by atoms with van der Waals surface area (Å²) in [7, 11) is 0. The Morgan fingerprint density at radius 2 is 1.88 bits per heavy atom. The van der Waals surface area contributed by atoms with Gasteiger partial charge in [0.25, 0.3) is 0 Å². The molecule has 9 heteroatoms. The first kappa shape index (κ1) is 17.9. The van der Waals surface area contributed by atoms with Crippen molar-refractivity contribution in [2.45, 2.75) is 37.3 Å². The summed E-state index contributed by atoms with van der Waals surface area (Å²) in [5, 5.41) is 46.5. The van der Waals surface area contributed by atoms with Crippen LogP contribution in [0.2, 0.25) is 0 Å². The standard InChI is InChI=1S/C8H14O8.K.H/c1-3(10)15-8(14)7(13)6(12)5(11)4(2-9)16-8;;/h4-7,9,11-14H,2H2,1H3;;/t4-,5-,6+,7-,8-;;/m1../s1. The number of rotatable bonds is 2. The predicted octanol–water partition coefficient (Wildman–Crippen LogP) is -3.98. The zero-order valence-electron chi connectivity index (χ0n) is 8.48. The molecule has 1 aliphatic rings. The van der Waals surface area contributed by atoms with Gasteiger partial charge < -0.3 is 35.0 Å². The van der Waals surface area contributed by atoms with Gasteiger partial charge in [-0.25, -0.2) is 0 Å². The van der Waals surface area contributed by atoms with Gasteiger partial charge in [-0.1, -0.05) is 0 Å². The van der Waals surface area contributed by atoms with E-state index in [9.17, 15) is 25.2 Å². The van der Waals surface area contributed by atoms with E-state index in [1.54, 1.807) is 0 Å². The summed E-state index contributed by atoms with van der Waals surface area (Å²) in [5.41, 5.74) is 0. The van der Waals surface area contributed by atoms with Crippen molar-refractivity contribution in [2.24, 2.45) is 0 Å². The van der Waals surface area contributed by atoms with Gasteiger partial charge in [0.1, 0.15) is 18.3 Å². The van der Waals surface area contributed by atoms with E-state index in [1.165, 1.54) is 0 Å². The fraction of sp³-hybridized carbons (Fsp3) is 0.875. The average molecular weight is 278 g/mol. The average Bonchev–Trinajstić information content (AvgIpc) is 2.20. The van der Waals surface area contributed by atoms with Gasteiger partial charge in [-0.15, -0.1) is 0 Å². The summed E-state index contributed by atoms with van der Waals surface area (Å²) < 4.78 is 8.94. The topological polar surface area (TPSA) is 137 Å². The third-order valence-electron chi connectivity index (χ3n) is 2.22. The molecule has 8 nitrogen and oxygen atoms in total. The van der Waals surface area contributed by atoms with Crippen LogP contribution in [0.5, 0.6) is 0 Å². The molecule has 17 heavy (non-hydrogen) atoms. The minimum atomic E-state index is -2.78. The van der Waals surface area contributed by atoms with Crippen LogP contribution in [-0.4, -0.2) is 120 Å². The van der Waals surface area contributed by atoms with Crippen LogP contribution >= 0.6 is 0 Å². The molecule has 0 radical (unpaired) electrons. The van der Waals surface area contributed by atoms with Gasteiger partial charge in [-0.05, 0) is 0 Å². The summed E-state index contributed by atoms with van der Waals surface area (Å²) in [5.74, 6) is -3.74. The Labute approximate surface area is 140 Å². The first-order valence-electron chi connectivity index (χ1n) is 4.56. The van der Waals surface area contributed by atoms with Crippen LogP contribution in [0.15, 0.2) is 0 Å². The first-order valence-corrected chi connectivity index (χ1v) is 4.56. The zero-order chi connectivity index (χ0) is 12.5.